The Labute approximate surface area is 112 Å². The molecule has 0 spiro atoms. The summed E-state index contributed by atoms with van der Waals surface area (Å²) in [6.07, 6.45) is 4.17. The van der Waals surface area contributed by atoms with Gasteiger partial charge in [0.05, 0.1) is 6.61 Å². The SMILES string of the molecule is CC[C@H](CO)CCCN[C@H](CC)CO.Cl.Cl. The molecule has 0 aromatic rings. The van der Waals surface area contributed by atoms with Crippen LogP contribution < -0.4 is 5.32 Å². The van der Waals surface area contributed by atoms with Crippen molar-refractivity contribution in [2.24, 2.45) is 5.92 Å². The molecule has 16 heavy (non-hydrogen) atoms. The molecule has 102 valence electrons. The first-order valence-electron chi connectivity index (χ1n) is 5.73. The van der Waals surface area contributed by atoms with Gasteiger partial charge in [-0.25, -0.2) is 0 Å². The molecule has 0 bridgehead atoms. The summed E-state index contributed by atoms with van der Waals surface area (Å²) >= 11 is 0. The van der Waals surface area contributed by atoms with Crippen LogP contribution in [-0.2, 0) is 0 Å². The van der Waals surface area contributed by atoms with Crippen molar-refractivity contribution < 1.29 is 10.2 Å². The fourth-order valence-electron chi connectivity index (χ4n) is 1.46. The Morgan fingerprint density at radius 1 is 1.00 bits per heavy atom. The van der Waals surface area contributed by atoms with Crippen molar-refractivity contribution in [2.75, 3.05) is 19.8 Å². The third-order valence-corrected chi connectivity index (χ3v) is 2.77. The number of halogens is 2. The van der Waals surface area contributed by atoms with Crippen molar-refractivity contribution in [1.82, 2.24) is 5.32 Å². The zero-order chi connectivity index (χ0) is 10.8. The minimum Gasteiger partial charge on any atom is -0.396 e. The summed E-state index contributed by atoms with van der Waals surface area (Å²) in [7, 11) is 0. The van der Waals surface area contributed by atoms with E-state index < -0.39 is 0 Å². The van der Waals surface area contributed by atoms with Gasteiger partial charge >= 0.3 is 0 Å². The lowest BCUT2D eigenvalue weighted by molar-refractivity contribution is 0.208. The molecule has 0 unspecified atom stereocenters. The highest BCUT2D eigenvalue weighted by Crippen LogP contribution is 2.08. The standard InChI is InChI=1S/C11H25NO2.2ClH/c1-3-10(8-13)6-5-7-12-11(4-2)9-14;;/h10-14H,3-9H2,1-2H3;2*1H/t10-,11+;;/m0../s1. The number of nitrogens with one attached hydrogen (secondary N) is 1. The largest absolute Gasteiger partial charge is 0.396 e. The molecular formula is C11H27Cl2NO2. The van der Waals surface area contributed by atoms with Gasteiger partial charge in [0.25, 0.3) is 0 Å². The molecule has 0 saturated heterocycles. The van der Waals surface area contributed by atoms with Gasteiger partial charge in [0.15, 0.2) is 0 Å². The van der Waals surface area contributed by atoms with Crippen LogP contribution in [0.25, 0.3) is 0 Å². The zero-order valence-corrected chi connectivity index (χ0v) is 11.9. The minimum absolute atomic E-state index is 0. The molecule has 0 radical (unpaired) electrons. The second kappa shape index (κ2) is 15.5. The van der Waals surface area contributed by atoms with E-state index in [0.717, 1.165) is 32.2 Å². The summed E-state index contributed by atoms with van der Waals surface area (Å²) in [5, 5.41) is 21.2. The molecule has 3 nitrogen and oxygen atoms in total. The van der Waals surface area contributed by atoms with Crippen LogP contribution in [-0.4, -0.2) is 36.0 Å². The smallest absolute Gasteiger partial charge is 0.0584 e. The van der Waals surface area contributed by atoms with E-state index in [1.807, 2.05) is 0 Å². The molecule has 0 heterocycles. The zero-order valence-electron chi connectivity index (χ0n) is 10.3. The molecule has 0 aromatic heterocycles. The van der Waals surface area contributed by atoms with Crippen LogP contribution in [0.1, 0.15) is 39.5 Å². The molecule has 0 amide bonds. The number of rotatable bonds is 9. The first kappa shape index (κ1) is 21.7. The molecule has 0 fully saturated rings. The molecule has 2 atom stereocenters. The fraction of sp³-hybridized carbons (Fsp3) is 1.00. The summed E-state index contributed by atoms with van der Waals surface area (Å²) < 4.78 is 0. The van der Waals surface area contributed by atoms with Crippen LogP contribution in [0.4, 0.5) is 0 Å². The van der Waals surface area contributed by atoms with E-state index in [9.17, 15) is 0 Å². The Kier molecular flexibility index (Phi) is 21.0. The Morgan fingerprint density at radius 3 is 2.00 bits per heavy atom. The minimum atomic E-state index is 0. The Morgan fingerprint density at radius 2 is 1.62 bits per heavy atom. The number of aliphatic hydroxyl groups is 2. The Balaban J connectivity index is -0.000000845. The highest BCUT2D eigenvalue weighted by atomic mass is 35.5. The van der Waals surface area contributed by atoms with Crippen LogP contribution in [0.3, 0.4) is 0 Å². The number of hydrogen-bond acceptors (Lipinski definition) is 3. The molecule has 0 aliphatic heterocycles. The van der Waals surface area contributed by atoms with Crippen LogP contribution in [0.15, 0.2) is 0 Å². The van der Waals surface area contributed by atoms with Crippen LogP contribution in [0.5, 0.6) is 0 Å². The summed E-state index contributed by atoms with van der Waals surface area (Å²) in [6, 6.07) is 0.240. The van der Waals surface area contributed by atoms with Gasteiger partial charge in [0.1, 0.15) is 0 Å². The van der Waals surface area contributed by atoms with Crippen molar-refractivity contribution in [3.05, 3.63) is 0 Å². The highest BCUT2D eigenvalue weighted by Gasteiger charge is 2.05. The fourth-order valence-corrected chi connectivity index (χ4v) is 1.46. The summed E-state index contributed by atoms with van der Waals surface area (Å²) in [5.74, 6) is 0.450. The maximum absolute atomic E-state index is 8.97. The van der Waals surface area contributed by atoms with Crippen LogP contribution >= 0.6 is 24.8 Å². The lowest BCUT2D eigenvalue weighted by Gasteiger charge is -2.15. The first-order chi connectivity index (χ1) is 6.78. The van der Waals surface area contributed by atoms with Gasteiger partial charge in [-0.15, -0.1) is 24.8 Å². The predicted molar refractivity (Wildman–Crippen MR) is 73.8 cm³/mol. The summed E-state index contributed by atoms with van der Waals surface area (Å²) in [4.78, 5) is 0. The third kappa shape index (κ3) is 11.0. The van der Waals surface area contributed by atoms with E-state index in [1.165, 1.54) is 0 Å². The average Bonchev–Trinajstić information content (AvgIpc) is 2.24. The van der Waals surface area contributed by atoms with Gasteiger partial charge in [-0.2, -0.15) is 0 Å². The highest BCUT2D eigenvalue weighted by molar-refractivity contribution is 5.85. The van der Waals surface area contributed by atoms with Gasteiger partial charge in [-0.05, 0) is 31.7 Å². The predicted octanol–water partition coefficient (Wildman–Crippen LogP) is 1.99. The molecule has 0 saturated carbocycles. The van der Waals surface area contributed by atoms with E-state index >= 15 is 0 Å². The van der Waals surface area contributed by atoms with Crippen molar-refractivity contribution in [1.29, 1.82) is 0 Å². The second-order valence-electron chi connectivity index (χ2n) is 3.84. The normalized spacial score (nSPS) is 13.5. The molecule has 5 heteroatoms. The average molecular weight is 276 g/mol. The topological polar surface area (TPSA) is 52.5 Å². The van der Waals surface area contributed by atoms with Gasteiger partial charge in [0, 0.05) is 12.6 Å². The summed E-state index contributed by atoms with van der Waals surface area (Å²) in [5.41, 5.74) is 0. The quantitative estimate of drug-likeness (QED) is 0.564. The van der Waals surface area contributed by atoms with Crippen molar-refractivity contribution in [3.8, 4) is 0 Å². The van der Waals surface area contributed by atoms with E-state index in [0.29, 0.717) is 12.5 Å². The number of aliphatic hydroxyl groups excluding tert-OH is 2. The van der Waals surface area contributed by atoms with E-state index in [1.54, 1.807) is 0 Å². The van der Waals surface area contributed by atoms with Crippen molar-refractivity contribution in [2.45, 2.75) is 45.6 Å². The van der Waals surface area contributed by atoms with Crippen LogP contribution in [0.2, 0.25) is 0 Å². The molecule has 0 rings (SSSR count). The molecule has 0 aromatic carbocycles. The van der Waals surface area contributed by atoms with E-state index in [2.05, 4.69) is 19.2 Å². The maximum atomic E-state index is 8.97. The lowest BCUT2D eigenvalue weighted by atomic mass is 10.0. The number of hydrogen-bond donors (Lipinski definition) is 3. The Bertz CT molecular complexity index is 107. The van der Waals surface area contributed by atoms with Gasteiger partial charge in [-0.1, -0.05) is 20.3 Å². The van der Waals surface area contributed by atoms with Gasteiger partial charge < -0.3 is 15.5 Å². The summed E-state index contributed by atoms with van der Waals surface area (Å²) in [6.45, 7) is 5.63. The maximum Gasteiger partial charge on any atom is 0.0584 e. The van der Waals surface area contributed by atoms with Gasteiger partial charge in [0.2, 0.25) is 0 Å². The molecule has 3 N–H and O–H groups in total. The molecule has 0 aliphatic carbocycles. The van der Waals surface area contributed by atoms with E-state index in [-0.39, 0.29) is 37.5 Å². The van der Waals surface area contributed by atoms with Crippen molar-refractivity contribution >= 4 is 24.8 Å². The van der Waals surface area contributed by atoms with Crippen LogP contribution in [0, 0.1) is 5.92 Å². The monoisotopic (exact) mass is 275 g/mol. The third-order valence-electron chi connectivity index (χ3n) is 2.77. The van der Waals surface area contributed by atoms with Crippen molar-refractivity contribution in [3.63, 3.8) is 0 Å². The van der Waals surface area contributed by atoms with E-state index in [4.69, 9.17) is 10.2 Å². The Hall–Kier alpha value is 0.460. The molecular weight excluding hydrogens is 249 g/mol. The second-order valence-corrected chi connectivity index (χ2v) is 3.84. The van der Waals surface area contributed by atoms with Gasteiger partial charge in [-0.3, -0.25) is 0 Å². The lowest BCUT2D eigenvalue weighted by Crippen LogP contribution is -2.32. The molecule has 0 aliphatic rings. The first-order valence-corrected chi connectivity index (χ1v) is 5.73.